The van der Waals surface area contributed by atoms with Crippen LogP contribution in [0.5, 0.6) is 0 Å². The van der Waals surface area contributed by atoms with Gasteiger partial charge in [-0.2, -0.15) is 0 Å². The molecule has 1 amide bonds. The molecule has 5 rings (SSSR count). The molecule has 2 aliphatic carbocycles. The van der Waals surface area contributed by atoms with Gasteiger partial charge in [0.1, 0.15) is 0 Å². The van der Waals surface area contributed by atoms with E-state index in [0.717, 1.165) is 58.7 Å². The normalized spacial score (nSPS) is 19.4. The zero-order valence-corrected chi connectivity index (χ0v) is 16.9. The Labute approximate surface area is 171 Å². The molecule has 1 aliphatic heterocycles. The summed E-state index contributed by atoms with van der Waals surface area (Å²) in [6, 6.07) is 12.5. The minimum absolute atomic E-state index is 0.0402. The van der Waals surface area contributed by atoms with Gasteiger partial charge in [-0.25, -0.2) is 0 Å². The highest BCUT2D eigenvalue weighted by molar-refractivity contribution is 6.07. The van der Waals surface area contributed by atoms with E-state index in [1.807, 2.05) is 12.1 Å². The summed E-state index contributed by atoms with van der Waals surface area (Å²) in [5.41, 5.74) is 7.04. The van der Waals surface area contributed by atoms with Crippen LogP contribution in [0.25, 0.3) is 11.1 Å². The van der Waals surface area contributed by atoms with Crippen molar-refractivity contribution in [2.75, 3.05) is 22.5 Å². The largest absolute Gasteiger partial charge is 0.382 e. The van der Waals surface area contributed by atoms with E-state index in [0.29, 0.717) is 18.9 Å². The van der Waals surface area contributed by atoms with Crippen LogP contribution >= 0.6 is 0 Å². The van der Waals surface area contributed by atoms with Crippen LogP contribution in [0.15, 0.2) is 36.4 Å². The van der Waals surface area contributed by atoms with Crippen LogP contribution in [0.1, 0.15) is 51.0 Å². The molecule has 5 nitrogen and oxygen atoms in total. The third-order valence-corrected chi connectivity index (χ3v) is 6.53. The number of benzene rings is 2. The number of rotatable bonds is 6. The van der Waals surface area contributed by atoms with E-state index in [2.05, 4.69) is 47.1 Å². The van der Waals surface area contributed by atoms with Crippen molar-refractivity contribution < 1.29 is 4.79 Å². The molecule has 5 heteroatoms. The molecule has 150 valence electrons. The van der Waals surface area contributed by atoms with Gasteiger partial charge in [0, 0.05) is 46.9 Å². The Balaban J connectivity index is 1.56. The summed E-state index contributed by atoms with van der Waals surface area (Å²) in [4.78, 5) is 11.9. The predicted molar refractivity (Wildman–Crippen MR) is 119 cm³/mol. The number of nitrogens with one attached hydrogen (secondary N) is 4. The molecule has 29 heavy (non-hydrogen) atoms. The second kappa shape index (κ2) is 6.90. The summed E-state index contributed by atoms with van der Waals surface area (Å²) in [6.45, 7) is 2.86. The minimum atomic E-state index is 0.0402. The van der Waals surface area contributed by atoms with E-state index in [4.69, 9.17) is 5.41 Å². The Morgan fingerprint density at radius 3 is 2.79 bits per heavy atom. The molecule has 0 saturated heterocycles. The molecule has 0 radical (unpaired) electrons. The van der Waals surface area contributed by atoms with Crippen molar-refractivity contribution in [2.24, 2.45) is 5.92 Å². The van der Waals surface area contributed by atoms with Crippen molar-refractivity contribution in [3.8, 4) is 11.1 Å². The number of hydrogen-bond acceptors (Lipinski definition) is 4. The van der Waals surface area contributed by atoms with Crippen LogP contribution in [0.2, 0.25) is 0 Å². The van der Waals surface area contributed by atoms with Crippen LogP contribution in [0.3, 0.4) is 0 Å². The second-order valence-electron chi connectivity index (χ2n) is 8.66. The zero-order chi connectivity index (χ0) is 20.0. The Kier molecular flexibility index (Phi) is 4.34. The summed E-state index contributed by atoms with van der Waals surface area (Å²) in [7, 11) is 0. The van der Waals surface area contributed by atoms with Crippen molar-refractivity contribution in [3.63, 3.8) is 0 Å². The van der Waals surface area contributed by atoms with Gasteiger partial charge in [0.05, 0.1) is 11.4 Å². The van der Waals surface area contributed by atoms with E-state index in [9.17, 15) is 4.79 Å². The van der Waals surface area contributed by atoms with E-state index in [-0.39, 0.29) is 11.4 Å². The molecule has 2 aromatic carbocycles. The number of carbonyl (C=O) groups is 1. The maximum absolute atomic E-state index is 11.9. The van der Waals surface area contributed by atoms with Crippen molar-refractivity contribution in [3.05, 3.63) is 42.0 Å². The first-order valence-corrected chi connectivity index (χ1v) is 10.8. The lowest BCUT2D eigenvalue weighted by Gasteiger charge is -2.21. The Morgan fingerprint density at radius 2 is 2.07 bits per heavy atom. The molecule has 2 aromatic rings. The summed E-state index contributed by atoms with van der Waals surface area (Å²) in [6.07, 6.45) is 6.23. The molecular formula is C24H28N4O. The first kappa shape index (κ1) is 18.2. The molecule has 0 unspecified atom stereocenters. The molecule has 0 aromatic heterocycles. The van der Waals surface area contributed by atoms with Crippen LogP contribution in [-0.2, 0) is 4.79 Å². The number of para-hydroxylation sites is 1. The molecular weight excluding hydrogens is 360 g/mol. The SMILES string of the molecule is CCC1(Nc2ccc(-c3cccc4c3NCCC(=O)N4)cc2C(=N)C2CC2)CC1. The molecule has 2 fully saturated rings. The van der Waals surface area contributed by atoms with Crippen LogP contribution in [-0.4, -0.2) is 23.7 Å². The molecule has 0 bridgehead atoms. The first-order chi connectivity index (χ1) is 14.1. The average Bonchev–Trinajstić information content (AvgIpc) is 3.62. The zero-order valence-electron chi connectivity index (χ0n) is 16.9. The van der Waals surface area contributed by atoms with Crippen molar-refractivity contribution in [2.45, 2.75) is 51.0 Å². The van der Waals surface area contributed by atoms with Crippen molar-refractivity contribution >= 4 is 28.7 Å². The molecule has 3 aliphatic rings. The third-order valence-electron chi connectivity index (χ3n) is 6.53. The van der Waals surface area contributed by atoms with E-state index < -0.39 is 0 Å². The summed E-state index contributed by atoms with van der Waals surface area (Å²) in [5, 5.41) is 18.9. The smallest absolute Gasteiger partial charge is 0.226 e. The fourth-order valence-electron chi connectivity index (χ4n) is 4.24. The van der Waals surface area contributed by atoms with E-state index in [1.54, 1.807) is 0 Å². The van der Waals surface area contributed by atoms with Crippen molar-refractivity contribution in [1.82, 2.24) is 0 Å². The lowest BCUT2D eigenvalue weighted by atomic mass is 9.95. The highest BCUT2D eigenvalue weighted by Gasteiger charge is 2.41. The summed E-state index contributed by atoms with van der Waals surface area (Å²) in [5.74, 6) is 0.436. The van der Waals surface area contributed by atoms with Gasteiger partial charge in [0.25, 0.3) is 0 Å². The van der Waals surface area contributed by atoms with Crippen LogP contribution in [0, 0.1) is 11.3 Å². The number of fused-ring (bicyclic) bond motifs is 1. The van der Waals surface area contributed by atoms with Crippen molar-refractivity contribution in [1.29, 1.82) is 5.41 Å². The highest BCUT2D eigenvalue weighted by atomic mass is 16.1. The van der Waals surface area contributed by atoms with Gasteiger partial charge < -0.3 is 21.4 Å². The van der Waals surface area contributed by atoms with Gasteiger partial charge in [-0.05, 0) is 55.9 Å². The van der Waals surface area contributed by atoms with Gasteiger partial charge in [-0.1, -0.05) is 25.1 Å². The van der Waals surface area contributed by atoms with E-state index >= 15 is 0 Å². The number of carbonyl (C=O) groups excluding carboxylic acids is 1. The maximum Gasteiger partial charge on any atom is 0.226 e. The minimum Gasteiger partial charge on any atom is -0.382 e. The van der Waals surface area contributed by atoms with Gasteiger partial charge >= 0.3 is 0 Å². The third kappa shape index (κ3) is 3.50. The van der Waals surface area contributed by atoms with Gasteiger partial charge in [0.2, 0.25) is 5.91 Å². The molecule has 1 heterocycles. The number of hydrogen-bond donors (Lipinski definition) is 4. The topological polar surface area (TPSA) is 77.0 Å². The summed E-state index contributed by atoms with van der Waals surface area (Å²) >= 11 is 0. The molecule has 4 N–H and O–H groups in total. The number of anilines is 3. The standard InChI is InChI=1S/C24H28N4O/c1-2-24(11-12-24)28-19-9-8-16(14-18(19)22(25)15-6-7-15)17-4-3-5-20-23(17)26-13-10-21(29)27-20/h3-5,8-9,14-15,25-26,28H,2,6-7,10-13H2,1H3,(H,27,29). The summed E-state index contributed by atoms with van der Waals surface area (Å²) < 4.78 is 0. The maximum atomic E-state index is 11.9. The Hall–Kier alpha value is -2.82. The lowest BCUT2D eigenvalue weighted by Crippen LogP contribution is -2.21. The van der Waals surface area contributed by atoms with Gasteiger partial charge in [-0.3, -0.25) is 4.79 Å². The average molecular weight is 389 g/mol. The monoisotopic (exact) mass is 388 g/mol. The first-order valence-electron chi connectivity index (χ1n) is 10.8. The lowest BCUT2D eigenvalue weighted by molar-refractivity contribution is -0.115. The molecule has 0 spiro atoms. The predicted octanol–water partition coefficient (Wildman–Crippen LogP) is 5.24. The van der Waals surface area contributed by atoms with E-state index in [1.165, 1.54) is 12.8 Å². The fourth-order valence-corrected chi connectivity index (χ4v) is 4.24. The number of amides is 1. The second-order valence-corrected chi connectivity index (χ2v) is 8.66. The van der Waals surface area contributed by atoms with Crippen LogP contribution < -0.4 is 16.0 Å². The fraction of sp³-hybridized carbons (Fsp3) is 0.417. The van der Waals surface area contributed by atoms with Gasteiger partial charge in [0.15, 0.2) is 0 Å². The Bertz CT molecular complexity index is 988. The van der Waals surface area contributed by atoms with Gasteiger partial charge in [-0.15, -0.1) is 0 Å². The molecule has 0 atom stereocenters. The Morgan fingerprint density at radius 1 is 1.24 bits per heavy atom. The quantitative estimate of drug-likeness (QED) is 0.511. The van der Waals surface area contributed by atoms with Crippen LogP contribution in [0.4, 0.5) is 17.1 Å². The highest BCUT2D eigenvalue weighted by Crippen LogP contribution is 2.45. The molecule has 2 saturated carbocycles.